The van der Waals surface area contributed by atoms with Gasteiger partial charge >= 0.3 is 5.97 Å². The minimum absolute atomic E-state index is 0.403. The van der Waals surface area contributed by atoms with E-state index in [4.69, 9.17) is 5.11 Å². The molecule has 0 aliphatic rings. The van der Waals surface area contributed by atoms with Crippen LogP contribution < -0.4 is 5.32 Å². The lowest BCUT2D eigenvalue weighted by molar-refractivity contribution is -0.137. The normalized spacial score (nSPS) is 12.2. The Kier molecular flexibility index (Phi) is 3.46. The van der Waals surface area contributed by atoms with E-state index in [0.29, 0.717) is 11.6 Å². The second-order valence-electron chi connectivity index (χ2n) is 4.31. The van der Waals surface area contributed by atoms with Crippen LogP contribution in [0.15, 0.2) is 18.5 Å². The van der Waals surface area contributed by atoms with Gasteiger partial charge in [0.05, 0.1) is 18.1 Å². The lowest BCUT2D eigenvalue weighted by Gasteiger charge is -2.10. The average molecular weight is 261 g/mol. The largest absolute Gasteiger partial charge is 0.480 e. The SMILES string of the molecule is Cc1cc(C)n(-c2cncc(NC(C)C(=O)O)n2)n1. The van der Waals surface area contributed by atoms with Crippen LogP contribution in [0.25, 0.3) is 5.82 Å². The molecule has 2 heterocycles. The van der Waals surface area contributed by atoms with Crippen molar-refractivity contribution in [2.45, 2.75) is 26.8 Å². The second-order valence-corrected chi connectivity index (χ2v) is 4.31. The van der Waals surface area contributed by atoms with Crippen LogP contribution in [0.4, 0.5) is 5.82 Å². The van der Waals surface area contributed by atoms with E-state index in [1.165, 1.54) is 6.20 Å². The molecule has 0 fully saturated rings. The Morgan fingerprint density at radius 3 is 2.74 bits per heavy atom. The summed E-state index contributed by atoms with van der Waals surface area (Å²) in [6, 6.07) is 1.20. The lowest BCUT2D eigenvalue weighted by Crippen LogP contribution is -2.26. The molecular formula is C12H15N5O2. The maximum atomic E-state index is 10.8. The molecule has 0 amide bonds. The van der Waals surface area contributed by atoms with E-state index in [-0.39, 0.29) is 0 Å². The molecule has 0 saturated heterocycles. The summed E-state index contributed by atoms with van der Waals surface area (Å²) in [4.78, 5) is 19.1. The van der Waals surface area contributed by atoms with Crippen LogP contribution in [0.3, 0.4) is 0 Å². The Bertz CT molecular complexity index is 608. The van der Waals surface area contributed by atoms with E-state index < -0.39 is 12.0 Å². The molecular weight excluding hydrogens is 246 g/mol. The fourth-order valence-electron chi connectivity index (χ4n) is 1.67. The molecule has 0 spiro atoms. The van der Waals surface area contributed by atoms with Gasteiger partial charge in [-0.25, -0.2) is 9.67 Å². The minimum Gasteiger partial charge on any atom is -0.480 e. The zero-order chi connectivity index (χ0) is 14.0. The number of hydrogen-bond donors (Lipinski definition) is 2. The Balaban J connectivity index is 2.29. The van der Waals surface area contributed by atoms with Gasteiger partial charge in [0.25, 0.3) is 0 Å². The first-order valence-corrected chi connectivity index (χ1v) is 5.82. The standard InChI is InChI=1S/C12H15N5O2/c1-7-4-8(2)17(16-7)11-6-13-5-10(15-11)14-9(3)12(18)19/h4-6,9H,1-3H3,(H,14,15)(H,18,19). The Hall–Kier alpha value is -2.44. The van der Waals surface area contributed by atoms with Gasteiger partial charge in [-0.2, -0.15) is 5.10 Å². The zero-order valence-corrected chi connectivity index (χ0v) is 11.0. The van der Waals surface area contributed by atoms with Gasteiger partial charge in [-0.15, -0.1) is 0 Å². The quantitative estimate of drug-likeness (QED) is 0.858. The molecule has 7 nitrogen and oxygen atoms in total. The molecule has 0 radical (unpaired) electrons. The summed E-state index contributed by atoms with van der Waals surface area (Å²) in [6.45, 7) is 5.35. The number of nitrogens with zero attached hydrogens (tertiary/aromatic N) is 4. The first-order valence-electron chi connectivity index (χ1n) is 5.82. The highest BCUT2D eigenvalue weighted by molar-refractivity contribution is 5.76. The van der Waals surface area contributed by atoms with Crippen molar-refractivity contribution in [2.24, 2.45) is 0 Å². The van der Waals surface area contributed by atoms with Crippen molar-refractivity contribution in [1.82, 2.24) is 19.7 Å². The maximum absolute atomic E-state index is 10.8. The van der Waals surface area contributed by atoms with Crippen LogP contribution in [0.5, 0.6) is 0 Å². The predicted molar refractivity (Wildman–Crippen MR) is 69.3 cm³/mol. The van der Waals surface area contributed by atoms with Crippen LogP contribution in [0, 0.1) is 13.8 Å². The first kappa shape index (κ1) is 13.0. The Morgan fingerprint density at radius 1 is 1.42 bits per heavy atom. The van der Waals surface area contributed by atoms with E-state index in [9.17, 15) is 4.79 Å². The third-order valence-corrected chi connectivity index (χ3v) is 2.58. The molecule has 1 atom stereocenters. The summed E-state index contributed by atoms with van der Waals surface area (Å²) < 4.78 is 1.67. The molecule has 2 aromatic rings. The molecule has 0 aliphatic carbocycles. The minimum atomic E-state index is -0.946. The van der Waals surface area contributed by atoms with Gasteiger partial charge in [-0.3, -0.25) is 9.78 Å². The third kappa shape index (κ3) is 2.87. The molecule has 2 rings (SSSR count). The number of aryl methyl sites for hydroxylation is 2. The zero-order valence-electron chi connectivity index (χ0n) is 11.0. The van der Waals surface area contributed by atoms with E-state index >= 15 is 0 Å². The molecule has 0 bridgehead atoms. The summed E-state index contributed by atoms with van der Waals surface area (Å²) in [5.41, 5.74) is 1.83. The topological polar surface area (TPSA) is 92.9 Å². The van der Waals surface area contributed by atoms with Crippen LogP contribution in [0.2, 0.25) is 0 Å². The van der Waals surface area contributed by atoms with Crippen LogP contribution >= 0.6 is 0 Å². The molecule has 19 heavy (non-hydrogen) atoms. The summed E-state index contributed by atoms with van der Waals surface area (Å²) in [5, 5.41) is 15.9. The van der Waals surface area contributed by atoms with E-state index in [0.717, 1.165) is 11.4 Å². The number of hydrogen-bond acceptors (Lipinski definition) is 5. The lowest BCUT2D eigenvalue weighted by atomic mass is 10.3. The predicted octanol–water partition coefficient (Wildman–Crippen LogP) is 1.16. The fourth-order valence-corrected chi connectivity index (χ4v) is 1.67. The summed E-state index contributed by atoms with van der Waals surface area (Å²) in [6.07, 6.45) is 3.06. The molecule has 7 heteroatoms. The van der Waals surface area contributed by atoms with Gasteiger partial charge in [0, 0.05) is 5.69 Å². The van der Waals surface area contributed by atoms with E-state index in [2.05, 4.69) is 20.4 Å². The van der Waals surface area contributed by atoms with Gasteiger partial charge in [0.1, 0.15) is 11.9 Å². The number of nitrogens with one attached hydrogen (secondary N) is 1. The highest BCUT2D eigenvalue weighted by Gasteiger charge is 2.12. The number of rotatable bonds is 4. The smallest absolute Gasteiger partial charge is 0.325 e. The van der Waals surface area contributed by atoms with Crippen molar-refractivity contribution < 1.29 is 9.90 Å². The third-order valence-electron chi connectivity index (χ3n) is 2.58. The van der Waals surface area contributed by atoms with Crippen molar-refractivity contribution in [3.8, 4) is 5.82 Å². The molecule has 100 valence electrons. The summed E-state index contributed by atoms with van der Waals surface area (Å²) in [5.74, 6) is 0.00598. The number of carboxylic acids is 1. The van der Waals surface area contributed by atoms with Gasteiger partial charge < -0.3 is 10.4 Å². The second kappa shape index (κ2) is 5.05. The van der Waals surface area contributed by atoms with Gasteiger partial charge in [-0.1, -0.05) is 0 Å². The number of aliphatic carboxylic acids is 1. The average Bonchev–Trinajstić information content (AvgIpc) is 2.68. The van der Waals surface area contributed by atoms with Gasteiger partial charge in [0.2, 0.25) is 0 Å². The number of anilines is 1. The first-order chi connectivity index (χ1) is 8.97. The Labute approximate surface area is 110 Å². The maximum Gasteiger partial charge on any atom is 0.325 e. The molecule has 0 aliphatic heterocycles. The number of aromatic nitrogens is 4. The number of carbonyl (C=O) groups is 1. The summed E-state index contributed by atoms with van der Waals surface area (Å²) in [7, 11) is 0. The monoisotopic (exact) mass is 261 g/mol. The fraction of sp³-hybridized carbons (Fsp3) is 0.333. The molecule has 0 aromatic carbocycles. The van der Waals surface area contributed by atoms with Crippen LogP contribution in [-0.4, -0.2) is 36.9 Å². The van der Waals surface area contributed by atoms with Crippen molar-refractivity contribution in [1.29, 1.82) is 0 Å². The van der Waals surface area contributed by atoms with Crippen LogP contribution in [0.1, 0.15) is 18.3 Å². The van der Waals surface area contributed by atoms with Crippen molar-refractivity contribution >= 4 is 11.8 Å². The van der Waals surface area contributed by atoms with Crippen molar-refractivity contribution in [3.05, 3.63) is 29.8 Å². The highest BCUT2D eigenvalue weighted by atomic mass is 16.4. The summed E-state index contributed by atoms with van der Waals surface area (Å²) >= 11 is 0. The highest BCUT2D eigenvalue weighted by Crippen LogP contribution is 2.11. The van der Waals surface area contributed by atoms with Crippen LogP contribution in [-0.2, 0) is 4.79 Å². The van der Waals surface area contributed by atoms with Gasteiger partial charge in [0.15, 0.2) is 5.82 Å². The van der Waals surface area contributed by atoms with Crippen molar-refractivity contribution in [2.75, 3.05) is 5.32 Å². The van der Waals surface area contributed by atoms with E-state index in [1.54, 1.807) is 17.8 Å². The molecule has 0 saturated carbocycles. The van der Waals surface area contributed by atoms with Gasteiger partial charge in [-0.05, 0) is 26.8 Å². The molecule has 2 N–H and O–H groups in total. The van der Waals surface area contributed by atoms with Crippen molar-refractivity contribution in [3.63, 3.8) is 0 Å². The molecule has 2 aromatic heterocycles. The number of carboxylic acid groups (broad SMARTS) is 1. The Morgan fingerprint density at radius 2 is 2.16 bits per heavy atom. The van der Waals surface area contributed by atoms with E-state index in [1.807, 2.05) is 19.9 Å². The molecule has 1 unspecified atom stereocenters.